The van der Waals surface area contributed by atoms with Gasteiger partial charge in [0.15, 0.2) is 0 Å². The molecule has 1 aliphatic heterocycles. The van der Waals surface area contributed by atoms with Crippen LogP contribution in [0.5, 0.6) is 0 Å². The van der Waals surface area contributed by atoms with E-state index in [1.54, 1.807) is 0 Å². The molecule has 0 unspecified atom stereocenters. The van der Waals surface area contributed by atoms with Crippen molar-refractivity contribution >= 4 is 17.1 Å². The normalized spacial score (nSPS) is 16.3. The van der Waals surface area contributed by atoms with Crippen molar-refractivity contribution < 1.29 is 0 Å². The number of para-hydroxylation sites is 3. The molecule has 5 aromatic rings. The largest absolute Gasteiger partial charge is 0.310 e. The van der Waals surface area contributed by atoms with Crippen molar-refractivity contribution in [2.75, 3.05) is 4.90 Å². The fourth-order valence-corrected chi connectivity index (χ4v) is 6.94. The molecule has 1 heteroatoms. The summed E-state index contributed by atoms with van der Waals surface area (Å²) in [6.45, 7) is 0. The summed E-state index contributed by atoms with van der Waals surface area (Å²) >= 11 is 0. The zero-order valence-corrected chi connectivity index (χ0v) is 21.1. The van der Waals surface area contributed by atoms with Gasteiger partial charge in [-0.05, 0) is 64.8 Å². The van der Waals surface area contributed by atoms with Gasteiger partial charge in [0, 0.05) is 5.69 Å². The molecule has 0 atom stereocenters. The van der Waals surface area contributed by atoms with Crippen molar-refractivity contribution in [1.29, 1.82) is 0 Å². The van der Waals surface area contributed by atoms with E-state index >= 15 is 0 Å². The molecule has 0 aromatic heterocycles. The average molecular weight is 478 g/mol. The monoisotopic (exact) mass is 477 g/mol. The van der Waals surface area contributed by atoms with Gasteiger partial charge in [0.25, 0.3) is 0 Å². The summed E-state index contributed by atoms with van der Waals surface area (Å²) in [5, 5.41) is 0. The molecule has 0 bridgehead atoms. The van der Waals surface area contributed by atoms with E-state index in [0.29, 0.717) is 5.92 Å². The predicted octanol–water partition coefficient (Wildman–Crippen LogP) is 9.51. The molecule has 7 rings (SSSR count). The van der Waals surface area contributed by atoms with Crippen LogP contribution in [0.2, 0.25) is 0 Å². The summed E-state index contributed by atoms with van der Waals surface area (Å²) in [6.07, 6.45) is 5.23. The number of anilines is 3. The lowest BCUT2D eigenvalue weighted by Gasteiger charge is -2.47. The van der Waals surface area contributed by atoms with Crippen molar-refractivity contribution in [2.45, 2.75) is 37.0 Å². The Hall–Kier alpha value is -4.10. The van der Waals surface area contributed by atoms with Gasteiger partial charge in [-0.3, -0.25) is 0 Å². The predicted molar refractivity (Wildman–Crippen MR) is 154 cm³/mol. The van der Waals surface area contributed by atoms with Crippen molar-refractivity contribution in [1.82, 2.24) is 0 Å². The average Bonchev–Trinajstić information content (AvgIpc) is 3.52. The Morgan fingerprint density at radius 3 is 1.43 bits per heavy atom. The van der Waals surface area contributed by atoms with Crippen molar-refractivity contribution in [3.63, 3.8) is 0 Å². The van der Waals surface area contributed by atoms with Crippen LogP contribution in [-0.2, 0) is 5.41 Å². The Balaban J connectivity index is 1.58. The third-order valence-electron chi connectivity index (χ3n) is 8.48. The van der Waals surface area contributed by atoms with Crippen LogP contribution in [0.15, 0.2) is 133 Å². The zero-order chi connectivity index (χ0) is 24.7. The zero-order valence-electron chi connectivity index (χ0n) is 21.1. The highest BCUT2D eigenvalue weighted by Gasteiger charge is 2.46. The third-order valence-corrected chi connectivity index (χ3v) is 8.48. The van der Waals surface area contributed by atoms with Crippen molar-refractivity contribution in [3.05, 3.63) is 161 Å². The van der Waals surface area contributed by atoms with E-state index in [1.807, 2.05) is 0 Å². The molecule has 2 aliphatic rings. The number of hydrogen-bond acceptors (Lipinski definition) is 1. The lowest BCUT2D eigenvalue weighted by Crippen LogP contribution is -2.37. The van der Waals surface area contributed by atoms with Crippen LogP contribution in [0.1, 0.15) is 59.4 Å². The molecule has 5 aromatic carbocycles. The highest BCUT2D eigenvalue weighted by molar-refractivity contribution is 5.90. The van der Waals surface area contributed by atoms with E-state index < -0.39 is 5.41 Å². The molecular formula is C36H31N. The molecule has 1 heterocycles. The van der Waals surface area contributed by atoms with Gasteiger partial charge in [0.1, 0.15) is 0 Å². The maximum Gasteiger partial charge on any atom is 0.0742 e. The second-order valence-electron chi connectivity index (χ2n) is 10.4. The first kappa shape index (κ1) is 22.1. The quantitative estimate of drug-likeness (QED) is 0.244. The van der Waals surface area contributed by atoms with Gasteiger partial charge in [-0.2, -0.15) is 0 Å². The van der Waals surface area contributed by atoms with Gasteiger partial charge in [-0.25, -0.2) is 0 Å². The summed E-state index contributed by atoms with van der Waals surface area (Å²) in [5.41, 5.74) is 10.2. The van der Waals surface area contributed by atoms with Crippen LogP contribution < -0.4 is 4.90 Å². The van der Waals surface area contributed by atoms with Gasteiger partial charge in [0.2, 0.25) is 0 Å². The molecule has 0 amide bonds. The standard InChI is InChI=1S/C36H31N/c1-3-17-28(18-4-1)36(29-19-5-2-6-20-29)31-22-10-13-25-34(31)37(35-26-14-11-23-32(35)36)33-24-12-9-21-30(33)27-15-7-8-16-27/h1-6,9-14,17-27H,7-8,15-16H2. The third kappa shape index (κ3) is 3.38. The fourth-order valence-electron chi connectivity index (χ4n) is 6.94. The Morgan fingerprint density at radius 2 is 0.892 bits per heavy atom. The molecule has 0 spiro atoms. The summed E-state index contributed by atoms with van der Waals surface area (Å²) in [4.78, 5) is 2.54. The minimum Gasteiger partial charge on any atom is -0.310 e. The van der Waals surface area contributed by atoms with Crippen LogP contribution in [-0.4, -0.2) is 0 Å². The SMILES string of the molecule is c1ccc(C2(c3ccccc3)c3ccccc3N(c3ccccc3C3CCCC3)c3ccccc32)cc1. The fraction of sp³-hybridized carbons (Fsp3) is 0.167. The van der Waals surface area contributed by atoms with Crippen LogP contribution in [0, 0.1) is 0 Å². The molecule has 1 fully saturated rings. The van der Waals surface area contributed by atoms with E-state index in [9.17, 15) is 0 Å². The summed E-state index contributed by atoms with van der Waals surface area (Å²) in [7, 11) is 0. The molecule has 1 saturated carbocycles. The van der Waals surface area contributed by atoms with E-state index in [2.05, 4.69) is 138 Å². The number of hydrogen-bond donors (Lipinski definition) is 0. The van der Waals surface area contributed by atoms with E-state index in [-0.39, 0.29) is 0 Å². The lowest BCUT2D eigenvalue weighted by atomic mass is 9.62. The van der Waals surface area contributed by atoms with Crippen LogP contribution in [0.3, 0.4) is 0 Å². The van der Waals surface area contributed by atoms with Gasteiger partial charge in [0.05, 0.1) is 16.8 Å². The summed E-state index contributed by atoms with van der Waals surface area (Å²) in [5.74, 6) is 0.630. The highest BCUT2D eigenvalue weighted by atomic mass is 15.2. The molecule has 0 radical (unpaired) electrons. The maximum atomic E-state index is 2.54. The first-order valence-corrected chi connectivity index (χ1v) is 13.6. The second-order valence-corrected chi connectivity index (χ2v) is 10.4. The molecule has 0 N–H and O–H groups in total. The second kappa shape index (κ2) is 9.09. The number of benzene rings is 5. The number of rotatable bonds is 4. The Morgan fingerprint density at radius 1 is 0.459 bits per heavy atom. The Bertz CT molecular complexity index is 1440. The van der Waals surface area contributed by atoms with Crippen LogP contribution >= 0.6 is 0 Å². The minimum atomic E-state index is -0.408. The van der Waals surface area contributed by atoms with E-state index in [4.69, 9.17) is 0 Å². The molecule has 1 aliphatic carbocycles. The first-order valence-electron chi connectivity index (χ1n) is 13.6. The molecule has 37 heavy (non-hydrogen) atoms. The first-order chi connectivity index (χ1) is 18.4. The van der Waals surface area contributed by atoms with Crippen molar-refractivity contribution in [2.24, 2.45) is 0 Å². The molecule has 0 saturated heterocycles. The van der Waals surface area contributed by atoms with E-state index in [1.165, 1.54) is 70.6 Å². The van der Waals surface area contributed by atoms with Gasteiger partial charge >= 0.3 is 0 Å². The summed E-state index contributed by atoms with van der Waals surface area (Å²) in [6, 6.07) is 49.3. The number of fused-ring (bicyclic) bond motifs is 2. The van der Waals surface area contributed by atoms with E-state index in [0.717, 1.165) is 0 Å². The molecule has 180 valence electrons. The Kier molecular flexibility index (Phi) is 5.43. The van der Waals surface area contributed by atoms with Gasteiger partial charge in [-0.1, -0.05) is 128 Å². The maximum absolute atomic E-state index is 2.54. The molecular weight excluding hydrogens is 446 g/mol. The highest BCUT2D eigenvalue weighted by Crippen LogP contribution is 2.58. The van der Waals surface area contributed by atoms with Crippen molar-refractivity contribution in [3.8, 4) is 0 Å². The minimum absolute atomic E-state index is 0.408. The molecule has 1 nitrogen and oxygen atoms in total. The topological polar surface area (TPSA) is 3.24 Å². The van der Waals surface area contributed by atoms with Gasteiger partial charge < -0.3 is 4.90 Å². The smallest absolute Gasteiger partial charge is 0.0742 e. The Labute approximate surface area is 220 Å². The summed E-state index contributed by atoms with van der Waals surface area (Å²) < 4.78 is 0. The lowest BCUT2D eigenvalue weighted by molar-refractivity contribution is 0.715. The van der Waals surface area contributed by atoms with Crippen LogP contribution in [0.4, 0.5) is 17.1 Å². The van der Waals surface area contributed by atoms with Gasteiger partial charge in [-0.15, -0.1) is 0 Å². The van der Waals surface area contributed by atoms with Crippen LogP contribution in [0.25, 0.3) is 0 Å². The number of nitrogens with zero attached hydrogens (tertiary/aromatic N) is 1.